The summed E-state index contributed by atoms with van der Waals surface area (Å²) in [6, 6.07) is 9.50. The smallest absolute Gasteiger partial charge is 0.168 e. The lowest BCUT2D eigenvalue weighted by Crippen LogP contribution is -2.18. The molecule has 0 saturated carbocycles. The number of aliphatic hydroxyl groups is 1. The molecule has 0 fully saturated rings. The maximum absolute atomic E-state index is 10.4. The van der Waals surface area contributed by atoms with Gasteiger partial charge in [-0.1, -0.05) is 23.2 Å². The van der Waals surface area contributed by atoms with Gasteiger partial charge in [0.15, 0.2) is 5.60 Å². The van der Waals surface area contributed by atoms with Crippen LogP contribution in [0.4, 0.5) is 0 Å². The minimum atomic E-state index is -1.38. The zero-order chi connectivity index (χ0) is 15.0. The van der Waals surface area contributed by atoms with Gasteiger partial charge >= 0.3 is 0 Å². The van der Waals surface area contributed by atoms with Gasteiger partial charge in [-0.25, -0.2) is 0 Å². The van der Waals surface area contributed by atoms with Crippen LogP contribution in [0.25, 0.3) is 10.9 Å². The maximum atomic E-state index is 10.4. The van der Waals surface area contributed by atoms with Gasteiger partial charge in [0.25, 0.3) is 0 Å². The molecule has 0 unspecified atom stereocenters. The van der Waals surface area contributed by atoms with E-state index in [1.807, 2.05) is 31.3 Å². The van der Waals surface area contributed by atoms with E-state index in [9.17, 15) is 5.11 Å². The molecule has 3 aromatic rings. The highest BCUT2D eigenvalue weighted by Gasteiger charge is 2.24. The summed E-state index contributed by atoms with van der Waals surface area (Å²) < 4.78 is 6.75. The van der Waals surface area contributed by atoms with Crippen LogP contribution in [0.3, 0.4) is 0 Å². The first-order chi connectivity index (χ1) is 9.97. The fourth-order valence-electron chi connectivity index (χ4n) is 2.15. The van der Waals surface area contributed by atoms with Crippen molar-refractivity contribution in [1.82, 2.24) is 14.9 Å². The molecule has 2 heterocycles. The molecule has 0 amide bonds. The number of nitrogens with zero attached hydrogens (tertiary/aromatic N) is 3. The van der Waals surface area contributed by atoms with E-state index >= 15 is 0 Å². The average molecular weight is 281 g/mol. The van der Waals surface area contributed by atoms with Crippen LogP contribution in [0.5, 0.6) is 0 Å². The van der Waals surface area contributed by atoms with Crippen molar-refractivity contribution in [2.45, 2.75) is 19.4 Å². The highest BCUT2D eigenvalue weighted by atomic mass is 16.5. The van der Waals surface area contributed by atoms with Crippen molar-refractivity contribution in [1.29, 1.82) is 0 Å². The molecule has 0 radical (unpaired) electrons. The summed E-state index contributed by atoms with van der Waals surface area (Å²) in [4.78, 5) is 0. The predicted octanol–water partition coefficient (Wildman–Crippen LogP) is 2.13. The third kappa shape index (κ3) is 2.41. The topological polar surface area (TPSA) is 64.1 Å². The SMILES string of the molecule is Cc1cc([C@](C)(O)C#Cc2nn(C)c3ccccc23)no1. The summed E-state index contributed by atoms with van der Waals surface area (Å²) in [5, 5.41) is 19.6. The van der Waals surface area contributed by atoms with Crippen molar-refractivity contribution < 1.29 is 9.63 Å². The van der Waals surface area contributed by atoms with Gasteiger partial charge < -0.3 is 9.63 Å². The summed E-state index contributed by atoms with van der Waals surface area (Å²) in [6.07, 6.45) is 0. The quantitative estimate of drug-likeness (QED) is 0.694. The van der Waals surface area contributed by atoms with E-state index in [4.69, 9.17) is 4.52 Å². The number of aryl methyl sites for hydroxylation is 2. The summed E-state index contributed by atoms with van der Waals surface area (Å²) >= 11 is 0. The molecule has 3 rings (SSSR count). The molecule has 0 aliphatic heterocycles. The third-order valence-corrected chi connectivity index (χ3v) is 3.31. The molecule has 1 aromatic carbocycles. The number of aromatic nitrogens is 3. The van der Waals surface area contributed by atoms with Crippen LogP contribution < -0.4 is 0 Å². The van der Waals surface area contributed by atoms with Crippen molar-refractivity contribution in [3.8, 4) is 11.8 Å². The van der Waals surface area contributed by atoms with Crippen LogP contribution in [0, 0.1) is 18.8 Å². The molecule has 0 bridgehead atoms. The number of hydrogen-bond acceptors (Lipinski definition) is 4. The number of rotatable bonds is 1. The van der Waals surface area contributed by atoms with Gasteiger partial charge in [0.05, 0.1) is 5.52 Å². The molecule has 1 N–H and O–H groups in total. The second-order valence-electron chi connectivity index (χ2n) is 5.13. The highest BCUT2D eigenvalue weighted by molar-refractivity contribution is 5.84. The standard InChI is InChI=1S/C16H15N3O2/c1-11-10-15(18-21-11)16(2,20)9-8-13-12-6-4-5-7-14(12)19(3)17-13/h4-7,10,20H,1-3H3/t16-/m1/s1. The molecular formula is C16H15N3O2. The Hall–Kier alpha value is -2.58. The van der Waals surface area contributed by atoms with Crippen molar-refractivity contribution in [2.24, 2.45) is 7.05 Å². The molecule has 5 heteroatoms. The van der Waals surface area contributed by atoms with Gasteiger partial charge in [-0.05, 0) is 31.9 Å². The summed E-state index contributed by atoms with van der Waals surface area (Å²) in [6.45, 7) is 3.36. The first kappa shape index (κ1) is 13.4. The molecule has 5 nitrogen and oxygen atoms in total. The van der Waals surface area contributed by atoms with Crippen LogP contribution in [-0.4, -0.2) is 20.0 Å². The number of hydrogen-bond donors (Lipinski definition) is 1. The largest absolute Gasteiger partial charge is 0.372 e. The highest BCUT2D eigenvalue weighted by Crippen LogP contribution is 2.20. The Morgan fingerprint density at radius 3 is 2.81 bits per heavy atom. The van der Waals surface area contributed by atoms with Crippen LogP contribution in [0.2, 0.25) is 0 Å². The zero-order valence-electron chi connectivity index (χ0n) is 12.1. The molecule has 0 aliphatic rings. The molecule has 0 saturated heterocycles. The van der Waals surface area contributed by atoms with E-state index < -0.39 is 5.60 Å². The van der Waals surface area contributed by atoms with E-state index in [-0.39, 0.29) is 0 Å². The summed E-state index contributed by atoms with van der Waals surface area (Å²) in [5.41, 5.74) is 0.649. The van der Waals surface area contributed by atoms with E-state index in [2.05, 4.69) is 22.1 Å². The molecule has 1 atom stereocenters. The van der Waals surface area contributed by atoms with Gasteiger partial charge in [0.1, 0.15) is 17.1 Å². The number of para-hydroxylation sites is 1. The van der Waals surface area contributed by atoms with Gasteiger partial charge in [0, 0.05) is 18.5 Å². The van der Waals surface area contributed by atoms with E-state index in [0.29, 0.717) is 17.1 Å². The van der Waals surface area contributed by atoms with Gasteiger partial charge in [-0.3, -0.25) is 4.68 Å². The van der Waals surface area contributed by atoms with Gasteiger partial charge in [-0.15, -0.1) is 0 Å². The number of benzene rings is 1. The monoisotopic (exact) mass is 281 g/mol. The number of fused-ring (bicyclic) bond motifs is 1. The Kier molecular flexibility index (Phi) is 3.04. The fourth-order valence-corrected chi connectivity index (χ4v) is 2.15. The Morgan fingerprint density at radius 1 is 1.33 bits per heavy atom. The normalized spacial score (nSPS) is 13.7. The summed E-state index contributed by atoms with van der Waals surface area (Å²) in [7, 11) is 1.87. The van der Waals surface area contributed by atoms with Crippen LogP contribution >= 0.6 is 0 Å². The first-order valence-electron chi connectivity index (χ1n) is 6.58. The van der Waals surface area contributed by atoms with Crippen LogP contribution in [0.15, 0.2) is 34.9 Å². The molecular weight excluding hydrogens is 266 g/mol. The minimum absolute atomic E-state index is 0.396. The fraction of sp³-hybridized carbons (Fsp3) is 0.250. The van der Waals surface area contributed by atoms with Crippen molar-refractivity contribution in [3.05, 3.63) is 47.5 Å². The van der Waals surface area contributed by atoms with Crippen LogP contribution in [-0.2, 0) is 12.6 Å². The predicted molar refractivity (Wildman–Crippen MR) is 78.4 cm³/mol. The molecule has 106 valence electrons. The Labute approximate surface area is 122 Å². The molecule has 21 heavy (non-hydrogen) atoms. The minimum Gasteiger partial charge on any atom is -0.372 e. The molecule has 0 aliphatic carbocycles. The Balaban J connectivity index is 2.03. The summed E-state index contributed by atoms with van der Waals surface area (Å²) in [5.74, 6) is 6.40. The average Bonchev–Trinajstić information content (AvgIpc) is 3.02. The Bertz CT molecular complexity index is 862. The molecule has 0 spiro atoms. The lowest BCUT2D eigenvalue weighted by Gasteiger charge is -2.11. The van der Waals surface area contributed by atoms with Crippen LogP contribution in [0.1, 0.15) is 24.1 Å². The van der Waals surface area contributed by atoms with Crippen molar-refractivity contribution in [3.63, 3.8) is 0 Å². The Morgan fingerprint density at radius 2 is 2.10 bits per heavy atom. The second kappa shape index (κ2) is 4.76. The maximum Gasteiger partial charge on any atom is 0.168 e. The third-order valence-electron chi connectivity index (χ3n) is 3.31. The van der Waals surface area contributed by atoms with E-state index in [0.717, 1.165) is 10.9 Å². The van der Waals surface area contributed by atoms with E-state index in [1.165, 1.54) is 0 Å². The lowest BCUT2D eigenvalue weighted by atomic mass is 10.0. The molecule has 2 aromatic heterocycles. The van der Waals surface area contributed by atoms with E-state index in [1.54, 1.807) is 24.6 Å². The zero-order valence-corrected chi connectivity index (χ0v) is 12.1. The van der Waals surface area contributed by atoms with Crippen molar-refractivity contribution >= 4 is 10.9 Å². The van der Waals surface area contributed by atoms with Crippen molar-refractivity contribution in [2.75, 3.05) is 0 Å². The second-order valence-corrected chi connectivity index (χ2v) is 5.13. The first-order valence-corrected chi connectivity index (χ1v) is 6.58. The lowest BCUT2D eigenvalue weighted by molar-refractivity contribution is 0.112. The van der Waals surface area contributed by atoms with Gasteiger partial charge in [0.2, 0.25) is 0 Å². The van der Waals surface area contributed by atoms with Gasteiger partial charge in [-0.2, -0.15) is 5.10 Å².